The van der Waals surface area contributed by atoms with Crippen LogP contribution in [-0.4, -0.2) is 12.1 Å². The minimum Gasteiger partial charge on any atom is -0.529 e. The van der Waals surface area contributed by atoms with E-state index in [-0.39, 0.29) is 5.56 Å². The molecule has 5 aromatic carbocycles. The average molecular weight is 762 g/mol. The minimum absolute atomic E-state index is 0.384. The lowest BCUT2D eigenvalue weighted by Gasteiger charge is -2.33. The summed E-state index contributed by atoms with van der Waals surface area (Å²) < 4.78 is 226. The monoisotopic (exact) mass is 762 g/mol. The number of ketones is 1. The molecule has 17 heteroatoms. The number of rotatable bonds is 4. The van der Waals surface area contributed by atoms with Crippen molar-refractivity contribution in [2.75, 3.05) is 0 Å². The van der Waals surface area contributed by atoms with Crippen LogP contribution in [0.2, 0.25) is 6.32 Å². The maximum Gasteiger partial charge on any atom is 0.476 e. The first-order chi connectivity index (χ1) is 24.8. The van der Waals surface area contributed by atoms with Crippen LogP contribution in [0.5, 0.6) is 0 Å². The summed E-state index contributed by atoms with van der Waals surface area (Å²) >= 11 is 0. The smallest absolute Gasteiger partial charge is 0.476 e. The maximum absolute atomic E-state index is 15.5. The third kappa shape index (κ3) is 6.57. The van der Waals surface area contributed by atoms with Gasteiger partial charge < -0.3 is 4.34 Å². The second kappa shape index (κ2) is 14.5. The molecule has 1 aliphatic rings. The van der Waals surface area contributed by atoms with Gasteiger partial charge in [0.15, 0.2) is 58.2 Å². The number of hydrogen-bond acceptors (Lipinski definition) is 0. The largest absolute Gasteiger partial charge is 0.529 e. The number of hydrogen-bond donors (Lipinski definition) is 0. The van der Waals surface area contributed by atoms with Crippen LogP contribution in [0.1, 0.15) is 26.6 Å². The number of carbonyl (C=O) groups excluding carboxylic acids is 1. The van der Waals surface area contributed by atoms with Gasteiger partial charge >= 0.3 is 6.35 Å². The summed E-state index contributed by atoms with van der Waals surface area (Å²) in [5.74, 6) is -43.0. The number of benzene rings is 5. The van der Waals surface area contributed by atoms with E-state index in [0.29, 0.717) is 11.6 Å². The van der Waals surface area contributed by atoms with Crippen molar-refractivity contribution in [2.24, 2.45) is 0 Å². The molecule has 0 radical (unpaired) electrons. The van der Waals surface area contributed by atoms with E-state index in [4.69, 9.17) is 4.34 Å². The summed E-state index contributed by atoms with van der Waals surface area (Å²) in [7, 11) is 0. The first kappa shape index (κ1) is 38.7. The van der Waals surface area contributed by atoms with Gasteiger partial charge in [-0.2, -0.15) is 0 Å². The van der Waals surface area contributed by atoms with Gasteiger partial charge in [0.2, 0.25) is 5.82 Å². The lowest BCUT2D eigenvalue weighted by atomic mass is 9.28. The lowest BCUT2D eigenvalue weighted by molar-refractivity contribution is -0.0949. The molecule has 0 N–H and O–H groups in total. The molecule has 0 saturated heterocycles. The number of aryl methyl sites for hydroxylation is 2. The van der Waals surface area contributed by atoms with E-state index in [1.807, 2.05) is 18.2 Å². The van der Waals surface area contributed by atoms with Crippen molar-refractivity contribution in [3.63, 3.8) is 0 Å². The molecule has 6 rings (SSSR count). The van der Waals surface area contributed by atoms with Gasteiger partial charge in [0.1, 0.15) is 23.3 Å². The van der Waals surface area contributed by atoms with E-state index in [0.717, 1.165) is 12.1 Å². The van der Waals surface area contributed by atoms with Crippen molar-refractivity contribution in [1.82, 2.24) is 0 Å². The van der Waals surface area contributed by atoms with E-state index >= 15 is 26.3 Å². The molecule has 0 unspecified atom stereocenters. The van der Waals surface area contributed by atoms with Gasteiger partial charge in [0.25, 0.3) is 5.78 Å². The quantitative estimate of drug-likeness (QED) is 0.0569. The van der Waals surface area contributed by atoms with Crippen LogP contribution in [0.15, 0.2) is 60.7 Å². The van der Waals surface area contributed by atoms with Crippen molar-refractivity contribution >= 4 is 28.6 Å². The SMILES string of the molecule is Cc1ccc(C2=[O+][B-](c3c(F)c(F)c(F)c(F)c3F)(c3c(F)c(F)c(F)c(F)c3F)CC(c3c(F)c(F)c(F)c(F)c3F)=C2)cc1.Cc1ccccc1. The molecular weight excluding hydrogens is 744 g/mol. The van der Waals surface area contributed by atoms with Gasteiger partial charge in [-0.05, 0) is 43.2 Å². The van der Waals surface area contributed by atoms with Crippen LogP contribution in [0.25, 0.3) is 5.57 Å². The Morgan fingerprint density at radius 3 is 1.11 bits per heavy atom. The average Bonchev–Trinajstić information content (AvgIpc) is 3.14. The molecule has 0 spiro atoms. The van der Waals surface area contributed by atoms with Crippen molar-refractivity contribution in [1.29, 1.82) is 0 Å². The zero-order chi connectivity index (χ0) is 39.3. The standard InChI is InChI=1S/C29H10BF15O.C7H8/c1-8-2-4-9(5-3-8)11-6-10(12-15(31)21(37)27(43)22(38)16(12)32)7-30(46-11,13-17(33)23(39)28(44)24(40)18(13)34)14-19(35)25(41)29(45)26(42)20(14)36;1-7-5-3-2-4-6-7/h2-6H,7H2,1H3;2-6H,1H3. The lowest BCUT2D eigenvalue weighted by Crippen LogP contribution is -2.64. The van der Waals surface area contributed by atoms with E-state index < -0.39 is 128 Å². The highest BCUT2D eigenvalue weighted by atomic mass is 19.2. The molecule has 0 fully saturated rings. The Balaban J connectivity index is 0.000000693. The van der Waals surface area contributed by atoms with Gasteiger partial charge in [-0.3, -0.25) is 0 Å². The van der Waals surface area contributed by atoms with Crippen molar-refractivity contribution in [3.8, 4) is 0 Å². The maximum atomic E-state index is 15.5. The molecule has 0 aliphatic carbocycles. The van der Waals surface area contributed by atoms with E-state index in [2.05, 4.69) is 19.1 Å². The predicted octanol–water partition coefficient (Wildman–Crippen LogP) is 9.65. The zero-order valence-electron chi connectivity index (χ0n) is 26.6. The fourth-order valence-electron chi connectivity index (χ4n) is 5.81. The molecule has 0 aromatic heterocycles. The first-order valence-corrected chi connectivity index (χ1v) is 14.9. The second-order valence-corrected chi connectivity index (χ2v) is 11.7. The highest BCUT2D eigenvalue weighted by molar-refractivity contribution is 6.97. The Labute approximate surface area is 289 Å². The molecule has 0 atom stereocenters. The normalized spacial score (nSPS) is 13.7. The van der Waals surface area contributed by atoms with E-state index in [1.54, 1.807) is 0 Å². The third-order valence-electron chi connectivity index (χ3n) is 8.37. The second-order valence-electron chi connectivity index (χ2n) is 11.7. The topological polar surface area (TPSA) is 11.3 Å². The van der Waals surface area contributed by atoms with Gasteiger partial charge in [-0.15, -0.1) is 0 Å². The summed E-state index contributed by atoms with van der Waals surface area (Å²) in [6, 6.07) is 14.9. The zero-order valence-corrected chi connectivity index (χ0v) is 26.6. The fraction of sp³-hybridized carbons (Fsp3) is 0.0833. The molecule has 0 amide bonds. The molecular formula is C36H18BF15O. The van der Waals surface area contributed by atoms with Crippen LogP contribution >= 0.6 is 0 Å². The number of halogens is 15. The van der Waals surface area contributed by atoms with Gasteiger partial charge in [-0.25, -0.2) is 65.9 Å². The Hall–Kier alpha value is -5.48. The highest BCUT2D eigenvalue weighted by Gasteiger charge is 2.57. The summed E-state index contributed by atoms with van der Waals surface area (Å²) in [4.78, 5) is 0. The molecule has 0 saturated carbocycles. The van der Waals surface area contributed by atoms with Gasteiger partial charge in [0.05, 0.1) is 11.1 Å². The van der Waals surface area contributed by atoms with Crippen molar-refractivity contribution < 1.29 is 70.2 Å². The van der Waals surface area contributed by atoms with E-state index in [9.17, 15) is 39.5 Å². The van der Waals surface area contributed by atoms with Crippen molar-refractivity contribution in [2.45, 2.75) is 20.2 Å². The number of allylic oxidation sites excluding steroid dienone is 2. The minimum atomic E-state index is -5.21. The summed E-state index contributed by atoms with van der Waals surface area (Å²) in [5, 5.41) is 0. The highest BCUT2D eigenvalue weighted by Crippen LogP contribution is 2.39. The molecule has 5 aromatic rings. The predicted molar refractivity (Wildman–Crippen MR) is 163 cm³/mol. The summed E-state index contributed by atoms with van der Waals surface area (Å²) in [5.41, 5.74) is -6.64. The van der Waals surface area contributed by atoms with Crippen molar-refractivity contribution in [3.05, 3.63) is 170 Å². The summed E-state index contributed by atoms with van der Waals surface area (Å²) in [6.07, 6.45) is -6.76. The molecule has 276 valence electrons. The molecule has 1 nitrogen and oxygen atoms in total. The Bertz CT molecular complexity index is 2180. The third-order valence-corrected chi connectivity index (χ3v) is 8.37. The molecule has 53 heavy (non-hydrogen) atoms. The van der Waals surface area contributed by atoms with Crippen LogP contribution < -0.4 is 10.9 Å². The molecule has 1 heterocycles. The Morgan fingerprint density at radius 2 is 0.755 bits per heavy atom. The van der Waals surface area contributed by atoms with Gasteiger partial charge in [0, 0.05) is 6.08 Å². The van der Waals surface area contributed by atoms with Crippen LogP contribution in [-0.2, 0) is 0 Å². The van der Waals surface area contributed by atoms with Gasteiger partial charge in [-0.1, -0.05) is 59.2 Å². The van der Waals surface area contributed by atoms with E-state index in [1.165, 1.54) is 24.6 Å². The first-order valence-electron chi connectivity index (χ1n) is 14.9. The molecule has 1 aliphatic heterocycles. The van der Waals surface area contributed by atoms with Crippen LogP contribution in [0, 0.1) is 101 Å². The summed E-state index contributed by atoms with van der Waals surface area (Å²) in [6.45, 7) is 3.59. The Kier molecular flexibility index (Phi) is 10.6. The van der Waals surface area contributed by atoms with Crippen LogP contribution in [0.4, 0.5) is 65.9 Å². The fourth-order valence-corrected chi connectivity index (χ4v) is 5.81. The van der Waals surface area contributed by atoms with Crippen LogP contribution in [0.3, 0.4) is 0 Å². The molecule has 0 bridgehead atoms. The Morgan fingerprint density at radius 1 is 0.415 bits per heavy atom.